The molecule has 3 aromatic carbocycles. The number of carbonyl (C=O) groups is 3. The number of aromatic hydroxyl groups is 1. The molecule has 0 aliphatic carbocycles. The molecule has 0 aromatic heterocycles. The minimum absolute atomic E-state index is 0.0723. The molecule has 0 heterocycles. The highest BCUT2D eigenvalue weighted by Gasteiger charge is 2.28. The van der Waals surface area contributed by atoms with Gasteiger partial charge in [-0.1, -0.05) is 60.7 Å². The monoisotopic (exact) mass is 701 g/mol. The molecule has 1 unspecified atom stereocenters. The molecule has 3 aromatic rings. The van der Waals surface area contributed by atoms with Gasteiger partial charge in [-0.15, -0.1) is 0 Å². The predicted octanol–water partition coefficient (Wildman–Crippen LogP) is 6.55. The molecule has 0 bridgehead atoms. The van der Waals surface area contributed by atoms with E-state index in [-0.39, 0.29) is 24.1 Å². The molecule has 0 aliphatic heterocycles. The molecule has 0 fully saturated rings. The van der Waals surface area contributed by atoms with Gasteiger partial charge in [-0.05, 0) is 101 Å². The number of amides is 3. The van der Waals surface area contributed by atoms with Crippen LogP contribution in [0.1, 0.15) is 62.6 Å². The van der Waals surface area contributed by atoms with Crippen molar-refractivity contribution in [3.8, 4) is 5.75 Å². The number of phenols is 1. The third kappa shape index (κ3) is 10.5. The van der Waals surface area contributed by atoms with Crippen molar-refractivity contribution in [1.82, 2.24) is 16.0 Å². The van der Waals surface area contributed by atoms with Crippen molar-refractivity contribution in [3.05, 3.63) is 98.4 Å². The van der Waals surface area contributed by atoms with Crippen LogP contribution in [-0.2, 0) is 20.9 Å². The van der Waals surface area contributed by atoms with E-state index >= 15 is 0 Å². The molecular formula is C32H37Br2N3O5. The molecule has 0 spiro atoms. The summed E-state index contributed by atoms with van der Waals surface area (Å²) in [5.74, 6) is -1.14. The largest absolute Gasteiger partial charge is 0.506 e. The quantitative estimate of drug-likeness (QED) is 0.160. The normalized spacial score (nSPS) is 12.0. The van der Waals surface area contributed by atoms with E-state index in [0.717, 1.165) is 16.7 Å². The number of benzene rings is 3. The molecule has 0 radical (unpaired) electrons. The first kappa shape index (κ1) is 33.1. The SMILES string of the molecule is CC(C)(C)OC(=O)NCCCCC(NC(=O)C(c1ccccc1)c1ccccc1)C(=O)NCc1cc(Br)c(O)c(Br)c1. The van der Waals surface area contributed by atoms with Gasteiger partial charge in [0, 0.05) is 13.1 Å². The van der Waals surface area contributed by atoms with E-state index in [0.29, 0.717) is 34.8 Å². The molecule has 224 valence electrons. The van der Waals surface area contributed by atoms with Crippen molar-refractivity contribution >= 4 is 49.8 Å². The van der Waals surface area contributed by atoms with E-state index in [9.17, 15) is 19.5 Å². The maximum absolute atomic E-state index is 13.8. The number of ether oxygens (including phenoxy) is 1. The highest BCUT2D eigenvalue weighted by Crippen LogP contribution is 2.33. The number of carbonyl (C=O) groups excluding carboxylic acids is 3. The summed E-state index contributed by atoms with van der Waals surface area (Å²) in [7, 11) is 0. The maximum Gasteiger partial charge on any atom is 0.407 e. The number of halogens is 2. The lowest BCUT2D eigenvalue weighted by atomic mass is 9.90. The Labute approximate surface area is 263 Å². The molecule has 0 aliphatic rings. The first-order valence-electron chi connectivity index (χ1n) is 13.8. The van der Waals surface area contributed by atoms with Gasteiger partial charge in [-0.2, -0.15) is 0 Å². The summed E-state index contributed by atoms with van der Waals surface area (Å²) < 4.78 is 6.27. The molecule has 3 amide bonds. The second-order valence-electron chi connectivity index (χ2n) is 10.9. The lowest BCUT2D eigenvalue weighted by molar-refractivity contribution is -0.129. The predicted molar refractivity (Wildman–Crippen MR) is 170 cm³/mol. The van der Waals surface area contributed by atoms with Gasteiger partial charge in [0.15, 0.2) is 0 Å². The van der Waals surface area contributed by atoms with Gasteiger partial charge >= 0.3 is 6.09 Å². The van der Waals surface area contributed by atoms with Crippen LogP contribution in [0.3, 0.4) is 0 Å². The lowest BCUT2D eigenvalue weighted by Crippen LogP contribution is -2.48. The zero-order valence-electron chi connectivity index (χ0n) is 24.0. The van der Waals surface area contributed by atoms with Crippen molar-refractivity contribution in [2.75, 3.05) is 6.54 Å². The first-order valence-corrected chi connectivity index (χ1v) is 15.3. The third-order valence-electron chi connectivity index (χ3n) is 6.29. The van der Waals surface area contributed by atoms with Gasteiger partial charge in [0.1, 0.15) is 17.4 Å². The van der Waals surface area contributed by atoms with E-state index in [1.54, 1.807) is 32.9 Å². The Hall–Kier alpha value is -3.37. The van der Waals surface area contributed by atoms with Crippen LogP contribution in [0, 0.1) is 0 Å². The number of hydrogen-bond donors (Lipinski definition) is 4. The van der Waals surface area contributed by atoms with Gasteiger partial charge in [0.05, 0.1) is 14.9 Å². The molecule has 4 N–H and O–H groups in total. The van der Waals surface area contributed by atoms with Crippen LogP contribution in [0.2, 0.25) is 0 Å². The Morgan fingerprint density at radius 2 is 1.38 bits per heavy atom. The lowest BCUT2D eigenvalue weighted by Gasteiger charge is -2.23. The van der Waals surface area contributed by atoms with Crippen molar-refractivity contribution < 1.29 is 24.2 Å². The number of hydrogen-bond acceptors (Lipinski definition) is 5. The Morgan fingerprint density at radius 3 is 1.90 bits per heavy atom. The smallest absolute Gasteiger partial charge is 0.407 e. The summed E-state index contributed by atoms with van der Waals surface area (Å²) >= 11 is 6.62. The highest BCUT2D eigenvalue weighted by molar-refractivity contribution is 9.11. The van der Waals surface area contributed by atoms with Crippen molar-refractivity contribution in [2.45, 2.75) is 64.1 Å². The minimum Gasteiger partial charge on any atom is -0.506 e. The Morgan fingerprint density at radius 1 is 0.833 bits per heavy atom. The fourth-order valence-corrected chi connectivity index (χ4v) is 5.60. The standard InChI is InChI=1S/C32H37Br2N3O5/c1-32(2,3)42-31(41)35-17-11-10-16-26(29(39)36-20-21-18-24(33)28(38)25(34)19-21)37-30(40)27(22-12-6-4-7-13-22)23-14-8-5-9-15-23/h4-9,12-15,18-19,26-27,38H,10-11,16-17,20H2,1-3H3,(H,35,41)(H,36,39)(H,37,40). The van der Waals surface area contributed by atoms with Gasteiger partial charge in [-0.25, -0.2) is 4.79 Å². The van der Waals surface area contributed by atoms with Crippen LogP contribution >= 0.6 is 31.9 Å². The fourth-order valence-electron chi connectivity index (χ4n) is 4.32. The van der Waals surface area contributed by atoms with Crippen molar-refractivity contribution in [3.63, 3.8) is 0 Å². The van der Waals surface area contributed by atoms with Gasteiger partial charge in [-0.3, -0.25) is 9.59 Å². The van der Waals surface area contributed by atoms with Gasteiger partial charge in [0.25, 0.3) is 0 Å². The number of nitrogens with one attached hydrogen (secondary N) is 3. The van der Waals surface area contributed by atoms with E-state index in [1.165, 1.54) is 0 Å². The molecule has 8 nitrogen and oxygen atoms in total. The summed E-state index contributed by atoms with van der Waals surface area (Å²) in [4.78, 5) is 39.2. The van der Waals surface area contributed by atoms with Crippen molar-refractivity contribution in [2.24, 2.45) is 0 Å². The Kier molecular flexibility index (Phi) is 12.4. The van der Waals surface area contributed by atoms with Crippen LogP contribution in [0.15, 0.2) is 81.7 Å². The Bertz CT molecular complexity index is 1280. The van der Waals surface area contributed by atoms with Crippen LogP contribution in [0.5, 0.6) is 5.75 Å². The van der Waals surface area contributed by atoms with E-state index in [2.05, 4.69) is 47.8 Å². The van der Waals surface area contributed by atoms with Crippen molar-refractivity contribution in [1.29, 1.82) is 0 Å². The second kappa shape index (κ2) is 15.7. The Balaban J connectivity index is 1.72. The molecule has 3 rings (SSSR count). The van der Waals surface area contributed by atoms with Crippen LogP contribution in [0.4, 0.5) is 4.79 Å². The molecule has 10 heteroatoms. The summed E-state index contributed by atoms with van der Waals surface area (Å²) in [5.41, 5.74) is 1.81. The summed E-state index contributed by atoms with van der Waals surface area (Å²) in [6.45, 7) is 5.97. The number of phenolic OH excluding ortho intramolecular Hbond substituents is 1. The number of alkyl carbamates (subject to hydrolysis) is 1. The van der Waals surface area contributed by atoms with Gasteiger partial charge < -0.3 is 25.8 Å². The molecule has 1 atom stereocenters. The van der Waals surface area contributed by atoms with Crippen LogP contribution in [0.25, 0.3) is 0 Å². The number of rotatable bonds is 12. The zero-order chi connectivity index (χ0) is 30.7. The van der Waals surface area contributed by atoms with Gasteiger partial charge in [0.2, 0.25) is 11.8 Å². The molecule has 0 saturated carbocycles. The maximum atomic E-state index is 13.8. The average molecular weight is 703 g/mol. The first-order chi connectivity index (χ1) is 19.9. The highest BCUT2D eigenvalue weighted by atomic mass is 79.9. The second-order valence-corrected chi connectivity index (χ2v) is 12.6. The third-order valence-corrected chi connectivity index (χ3v) is 7.50. The summed E-state index contributed by atoms with van der Waals surface area (Å²) in [6.07, 6.45) is 1.04. The van der Waals surface area contributed by atoms with E-state index < -0.39 is 23.7 Å². The topological polar surface area (TPSA) is 117 Å². The molecule has 0 saturated heterocycles. The summed E-state index contributed by atoms with van der Waals surface area (Å²) in [6, 6.07) is 21.5. The van der Waals surface area contributed by atoms with Crippen LogP contribution in [-0.4, -0.2) is 41.2 Å². The van der Waals surface area contributed by atoms with E-state index in [4.69, 9.17) is 4.74 Å². The average Bonchev–Trinajstić information content (AvgIpc) is 2.94. The molecular weight excluding hydrogens is 666 g/mol. The summed E-state index contributed by atoms with van der Waals surface area (Å²) in [5, 5.41) is 18.6. The molecule has 42 heavy (non-hydrogen) atoms. The van der Waals surface area contributed by atoms with Crippen LogP contribution < -0.4 is 16.0 Å². The minimum atomic E-state index is -0.807. The zero-order valence-corrected chi connectivity index (χ0v) is 27.1. The fraction of sp³-hybridized carbons (Fsp3) is 0.344. The van der Waals surface area contributed by atoms with E-state index in [1.807, 2.05) is 60.7 Å². The number of unbranched alkanes of at least 4 members (excludes halogenated alkanes) is 1.